The van der Waals surface area contributed by atoms with E-state index in [4.69, 9.17) is 0 Å². The number of sulfone groups is 1. The van der Waals surface area contributed by atoms with Gasteiger partial charge in [-0.1, -0.05) is 18.2 Å². The fourth-order valence-corrected chi connectivity index (χ4v) is 6.21. The van der Waals surface area contributed by atoms with Crippen LogP contribution in [0.25, 0.3) is 10.9 Å². The van der Waals surface area contributed by atoms with Crippen LogP contribution in [-0.4, -0.2) is 39.7 Å². The van der Waals surface area contributed by atoms with Gasteiger partial charge in [-0.25, -0.2) is 13.4 Å². The zero-order valence-electron chi connectivity index (χ0n) is 15.3. The van der Waals surface area contributed by atoms with E-state index >= 15 is 0 Å². The van der Waals surface area contributed by atoms with E-state index in [9.17, 15) is 21.6 Å². The molecule has 1 fully saturated rings. The van der Waals surface area contributed by atoms with Crippen LogP contribution in [0, 0.1) is 5.92 Å². The van der Waals surface area contributed by atoms with Crippen LogP contribution >= 0.6 is 11.8 Å². The van der Waals surface area contributed by atoms with Gasteiger partial charge in [-0.3, -0.25) is 0 Å². The quantitative estimate of drug-likeness (QED) is 0.615. The van der Waals surface area contributed by atoms with E-state index in [1.165, 1.54) is 6.07 Å². The number of benzene rings is 1. The Balaban J connectivity index is 1.65. The van der Waals surface area contributed by atoms with Crippen LogP contribution < -0.4 is 0 Å². The van der Waals surface area contributed by atoms with Crippen molar-refractivity contribution in [2.24, 2.45) is 13.0 Å². The molecule has 0 saturated carbocycles. The van der Waals surface area contributed by atoms with E-state index in [2.05, 4.69) is 15.2 Å². The molecular weight excluding hydrogens is 425 g/mol. The molecule has 0 bridgehead atoms. The van der Waals surface area contributed by atoms with Gasteiger partial charge in [-0.05, 0) is 36.2 Å². The average molecular weight is 442 g/mol. The lowest BCUT2D eigenvalue weighted by atomic mass is 10.1. The summed E-state index contributed by atoms with van der Waals surface area (Å²) < 4.78 is 64.8. The molecule has 1 aromatic carbocycles. The molecule has 1 unspecified atom stereocenters. The number of nitrogens with zero attached hydrogens (tertiary/aromatic N) is 4. The minimum Gasteiger partial charge on any atom is -0.309 e. The first-order valence-electron chi connectivity index (χ1n) is 8.86. The van der Waals surface area contributed by atoms with Gasteiger partial charge in [0.15, 0.2) is 15.0 Å². The number of pyridine rings is 1. The number of alkyl halides is 3. The van der Waals surface area contributed by atoms with Crippen LogP contribution in [-0.2, 0) is 29.5 Å². The summed E-state index contributed by atoms with van der Waals surface area (Å²) in [5.41, 5.74) is -0.708. The van der Waals surface area contributed by atoms with Crippen molar-refractivity contribution >= 4 is 32.5 Å². The molecule has 0 radical (unpaired) electrons. The molecule has 4 rings (SSSR count). The summed E-state index contributed by atoms with van der Waals surface area (Å²) in [5, 5.41) is 9.28. The first-order chi connectivity index (χ1) is 13.6. The van der Waals surface area contributed by atoms with Crippen molar-refractivity contribution in [2.75, 3.05) is 11.5 Å². The Morgan fingerprint density at radius 2 is 2.00 bits per heavy atom. The number of rotatable bonds is 4. The van der Waals surface area contributed by atoms with E-state index in [0.29, 0.717) is 34.1 Å². The third-order valence-corrected chi connectivity index (χ3v) is 7.83. The summed E-state index contributed by atoms with van der Waals surface area (Å²) in [6.07, 6.45) is -3.51. The molecule has 11 heteroatoms. The van der Waals surface area contributed by atoms with E-state index in [1.807, 2.05) is 0 Å². The summed E-state index contributed by atoms with van der Waals surface area (Å²) in [7, 11) is -1.26. The monoisotopic (exact) mass is 442 g/mol. The van der Waals surface area contributed by atoms with E-state index < -0.39 is 21.7 Å². The van der Waals surface area contributed by atoms with Gasteiger partial charge in [-0.2, -0.15) is 13.2 Å². The van der Waals surface area contributed by atoms with E-state index in [-0.39, 0.29) is 22.9 Å². The number of hydrogen-bond donors (Lipinski definition) is 0. The summed E-state index contributed by atoms with van der Waals surface area (Å²) in [6.45, 7) is 0. The summed E-state index contributed by atoms with van der Waals surface area (Å²) in [5.74, 6) is 0.912. The van der Waals surface area contributed by atoms with Gasteiger partial charge in [0.05, 0.1) is 17.0 Å². The highest BCUT2D eigenvalue weighted by atomic mass is 32.2. The molecule has 1 aliphatic heterocycles. The molecule has 0 spiro atoms. The normalized spacial score (nSPS) is 19.1. The van der Waals surface area contributed by atoms with Crippen molar-refractivity contribution in [3.63, 3.8) is 0 Å². The lowest BCUT2D eigenvalue weighted by molar-refractivity contribution is -0.141. The van der Waals surface area contributed by atoms with Gasteiger partial charge in [0, 0.05) is 23.8 Å². The molecule has 1 saturated heterocycles. The smallest absolute Gasteiger partial charge is 0.309 e. The largest absolute Gasteiger partial charge is 0.433 e. The Labute approximate surface area is 169 Å². The molecule has 0 amide bonds. The number of fused-ring (bicyclic) bond motifs is 1. The molecule has 1 aliphatic rings. The topological polar surface area (TPSA) is 77.7 Å². The predicted octanol–water partition coefficient (Wildman–Crippen LogP) is 3.51. The molecule has 3 heterocycles. The van der Waals surface area contributed by atoms with Crippen molar-refractivity contribution in [3.05, 3.63) is 41.9 Å². The van der Waals surface area contributed by atoms with E-state index in [0.717, 1.165) is 17.8 Å². The van der Waals surface area contributed by atoms with Crippen molar-refractivity contribution in [2.45, 2.75) is 29.1 Å². The van der Waals surface area contributed by atoms with Crippen molar-refractivity contribution in [3.8, 4) is 0 Å². The van der Waals surface area contributed by atoms with Gasteiger partial charge < -0.3 is 4.57 Å². The third-order valence-electron chi connectivity index (χ3n) is 4.89. The Morgan fingerprint density at radius 1 is 1.24 bits per heavy atom. The minimum absolute atomic E-state index is 0.0145. The molecule has 154 valence electrons. The third kappa shape index (κ3) is 4.25. The highest BCUT2D eigenvalue weighted by Gasteiger charge is 2.34. The second-order valence-corrected chi connectivity index (χ2v) is 10.3. The predicted molar refractivity (Wildman–Crippen MR) is 102 cm³/mol. The molecule has 1 atom stereocenters. The maximum absolute atomic E-state index is 13.3. The molecule has 29 heavy (non-hydrogen) atoms. The van der Waals surface area contributed by atoms with Gasteiger partial charge in [0.25, 0.3) is 0 Å². The summed E-state index contributed by atoms with van der Waals surface area (Å²) >= 11 is 1.08. The first-order valence-corrected chi connectivity index (χ1v) is 11.5. The van der Waals surface area contributed by atoms with E-state index in [1.54, 1.807) is 29.8 Å². The van der Waals surface area contributed by atoms with Crippen LogP contribution in [0.3, 0.4) is 0 Å². The Morgan fingerprint density at radius 3 is 2.69 bits per heavy atom. The average Bonchev–Trinajstić information content (AvgIpc) is 3.17. The van der Waals surface area contributed by atoms with Crippen LogP contribution in [0.5, 0.6) is 0 Å². The fraction of sp³-hybridized carbons (Fsp3) is 0.389. The van der Waals surface area contributed by atoms with Crippen LogP contribution in [0.4, 0.5) is 13.2 Å². The van der Waals surface area contributed by atoms with Gasteiger partial charge in [0.1, 0.15) is 11.5 Å². The number of aromatic nitrogens is 4. The van der Waals surface area contributed by atoms with Crippen molar-refractivity contribution in [1.82, 2.24) is 19.7 Å². The second kappa shape index (κ2) is 7.28. The van der Waals surface area contributed by atoms with Gasteiger partial charge in [-0.15, -0.1) is 10.2 Å². The Bertz CT molecular complexity index is 1180. The van der Waals surface area contributed by atoms with Gasteiger partial charge in [0.2, 0.25) is 0 Å². The van der Waals surface area contributed by atoms with Gasteiger partial charge >= 0.3 is 6.18 Å². The summed E-state index contributed by atoms with van der Waals surface area (Å²) in [4.78, 5) is 4.10. The van der Waals surface area contributed by atoms with Crippen LogP contribution in [0.1, 0.15) is 17.9 Å². The Kier molecular flexibility index (Phi) is 5.06. The minimum atomic E-state index is -4.56. The zero-order valence-corrected chi connectivity index (χ0v) is 17.0. The number of para-hydroxylation sites is 1. The standard InChI is InChI=1S/C18H17F3N4O2S2/c1-25-16(8-11-6-7-29(26,27)10-11)23-24-17(25)28-14-9-15(18(19,20)21)22-13-5-3-2-4-12(13)14/h2-5,9,11H,6-8,10H2,1H3. The Hall–Kier alpha value is -2.14. The maximum Gasteiger partial charge on any atom is 0.433 e. The first kappa shape index (κ1) is 20.1. The molecule has 0 N–H and O–H groups in total. The fourth-order valence-electron chi connectivity index (χ4n) is 3.37. The highest BCUT2D eigenvalue weighted by Crippen LogP contribution is 2.37. The lowest BCUT2D eigenvalue weighted by Crippen LogP contribution is -2.11. The highest BCUT2D eigenvalue weighted by molar-refractivity contribution is 7.99. The summed E-state index contributed by atoms with van der Waals surface area (Å²) in [6, 6.07) is 7.65. The molecule has 3 aromatic rings. The lowest BCUT2D eigenvalue weighted by Gasteiger charge is -2.11. The number of halogens is 3. The SMILES string of the molecule is Cn1c(CC2CCS(=O)(=O)C2)nnc1Sc1cc(C(F)(F)F)nc2ccccc12. The molecular formula is C18H17F3N4O2S2. The number of hydrogen-bond acceptors (Lipinski definition) is 6. The van der Waals surface area contributed by atoms with Crippen LogP contribution in [0.2, 0.25) is 0 Å². The van der Waals surface area contributed by atoms with Crippen molar-refractivity contribution < 1.29 is 21.6 Å². The zero-order chi connectivity index (χ0) is 20.8. The second-order valence-electron chi connectivity index (χ2n) is 7.05. The molecule has 2 aromatic heterocycles. The maximum atomic E-state index is 13.3. The van der Waals surface area contributed by atoms with Crippen molar-refractivity contribution in [1.29, 1.82) is 0 Å². The molecule has 6 nitrogen and oxygen atoms in total. The molecule has 0 aliphatic carbocycles. The van der Waals surface area contributed by atoms with Crippen LogP contribution in [0.15, 0.2) is 40.4 Å².